The van der Waals surface area contributed by atoms with Crippen LogP contribution in [0.5, 0.6) is 0 Å². The summed E-state index contributed by atoms with van der Waals surface area (Å²) in [6, 6.07) is 1.91. The van der Waals surface area contributed by atoms with Gasteiger partial charge >= 0.3 is 0 Å². The number of nitrogens with zero attached hydrogens (tertiary/aromatic N) is 6. The highest BCUT2D eigenvalue weighted by Gasteiger charge is 2.34. The molecule has 0 saturated carbocycles. The summed E-state index contributed by atoms with van der Waals surface area (Å²) >= 11 is 0. The first-order chi connectivity index (χ1) is 10.9. The predicted molar refractivity (Wildman–Crippen MR) is 85.2 cm³/mol. The monoisotopic (exact) mass is 338 g/mol. The number of fused-ring (bicyclic) bond motifs is 1. The van der Waals surface area contributed by atoms with E-state index < -0.39 is 10.0 Å². The first-order valence-corrected chi connectivity index (χ1v) is 8.97. The molecule has 3 heterocycles. The first-order valence-electron chi connectivity index (χ1n) is 7.53. The number of aryl methyl sites for hydroxylation is 1. The van der Waals surface area contributed by atoms with Gasteiger partial charge in [-0.05, 0) is 33.1 Å². The molecule has 0 radical (unpaired) electrons. The molecule has 0 aliphatic carbocycles. The van der Waals surface area contributed by atoms with Gasteiger partial charge in [0.2, 0.25) is 0 Å². The SMILES string of the molecule is CN(C)CCC1CN(S(=O)(=O)c2cn(C)cn2)Cc2ccnn21. The molecule has 2 aromatic rings. The summed E-state index contributed by atoms with van der Waals surface area (Å²) in [4.78, 5) is 6.10. The largest absolute Gasteiger partial charge is 0.339 e. The van der Waals surface area contributed by atoms with Crippen LogP contribution in [-0.4, -0.2) is 64.1 Å². The smallest absolute Gasteiger partial charge is 0.262 e. The van der Waals surface area contributed by atoms with Crippen molar-refractivity contribution in [2.24, 2.45) is 7.05 Å². The van der Waals surface area contributed by atoms with Gasteiger partial charge in [0.25, 0.3) is 10.0 Å². The lowest BCUT2D eigenvalue weighted by Crippen LogP contribution is -2.42. The van der Waals surface area contributed by atoms with Crippen molar-refractivity contribution in [1.29, 1.82) is 0 Å². The predicted octanol–water partition coefficient (Wildman–Crippen LogP) is 0.314. The molecule has 23 heavy (non-hydrogen) atoms. The first kappa shape index (κ1) is 16.2. The maximum Gasteiger partial charge on any atom is 0.262 e. The zero-order chi connectivity index (χ0) is 16.6. The topological polar surface area (TPSA) is 76.3 Å². The Labute approximate surface area is 136 Å². The summed E-state index contributed by atoms with van der Waals surface area (Å²) in [5.74, 6) is 0. The van der Waals surface area contributed by atoms with Crippen molar-refractivity contribution in [2.75, 3.05) is 27.2 Å². The molecule has 0 spiro atoms. The molecule has 0 fully saturated rings. The van der Waals surface area contributed by atoms with Gasteiger partial charge < -0.3 is 9.47 Å². The van der Waals surface area contributed by atoms with Gasteiger partial charge in [0.15, 0.2) is 5.03 Å². The van der Waals surface area contributed by atoms with Crippen LogP contribution in [0.4, 0.5) is 0 Å². The molecule has 1 unspecified atom stereocenters. The fourth-order valence-corrected chi connectivity index (χ4v) is 4.23. The van der Waals surface area contributed by atoms with Crippen molar-refractivity contribution in [1.82, 2.24) is 28.5 Å². The molecule has 1 aliphatic rings. The minimum Gasteiger partial charge on any atom is -0.339 e. The van der Waals surface area contributed by atoms with E-state index in [-0.39, 0.29) is 11.1 Å². The molecule has 0 saturated heterocycles. The minimum absolute atomic E-state index is 0.0367. The Bertz CT molecular complexity index is 779. The highest BCUT2D eigenvalue weighted by atomic mass is 32.2. The van der Waals surface area contributed by atoms with Crippen molar-refractivity contribution in [3.8, 4) is 0 Å². The van der Waals surface area contributed by atoms with E-state index in [4.69, 9.17) is 0 Å². The van der Waals surface area contributed by atoms with Crippen LogP contribution in [0.1, 0.15) is 18.2 Å². The average Bonchev–Trinajstić information content (AvgIpc) is 3.13. The molecule has 3 rings (SSSR count). The van der Waals surface area contributed by atoms with Crippen LogP contribution in [0, 0.1) is 0 Å². The van der Waals surface area contributed by atoms with Gasteiger partial charge in [0.05, 0.1) is 24.6 Å². The highest BCUT2D eigenvalue weighted by molar-refractivity contribution is 7.89. The fourth-order valence-electron chi connectivity index (χ4n) is 2.81. The Morgan fingerprint density at radius 1 is 1.39 bits per heavy atom. The van der Waals surface area contributed by atoms with Crippen LogP contribution < -0.4 is 0 Å². The van der Waals surface area contributed by atoms with Crippen LogP contribution in [0.15, 0.2) is 29.8 Å². The Morgan fingerprint density at radius 3 is 2.83 bits per heavy atom. The van der Waals surface area contributed by atoms with Crippen LogP contribution in [0.2, 0.25) is 0 Å². The second-order valence-corrected chi connectivity index (χ2v) is 8.07. The molecular weight excluding hydrogens is 316 g/mol. The van der Waals surface area contributed by atoms with Crippen molar-refractivity contribution >= 4 is 10.0 Å². The molecular formula is C14H22N6O2S. The molecule has 0 N–H and O–H groups in total. The molecule has 1 aliphatic heterocycles. The molecule has 9 heteroatoms. The van der Waals surface area contributed by atoms with E-state index in [2.05, 4.69) is 15.0 Å². The van der Waals surface area contributed by atoms with Gasteiger partial charge in [0, 0.05) is 26.0 Å². The van der Waals surface area contributed by atoms with Crippen molar-refractivity contribution < 1.29 is 8.42 Å². The zero-order valence-corrected chi connectivity index (χ0v) is 14.4. The van der Waals surface area contributed by atoms with Crippen molar-refractivity contribution in [2.45, 2.75) is 24.0 Å². The molecule has 1 atom stereocenters. The van der Waals surface area contributed by atoms with E-state index in [0.29, 0.717) is 13.1 Å². The Morgan fingerprint density at radius 2 is 2.17 bits per heavy atom. The summed E-state index contributed by atoms with van der Waals surface area (Å²) in [5.41, 5.74) is 0.916. The summed E-state index contributed by atoms with van der Waals surface area (Å²) in [7, 11) is 2.19. The van der Waals surface area contributed by atoms with Gasteiger partial charge in [-0.2, -0.15) is 9.40 Å². The molecule has 0 amide bonds. The maximum atomic E-state index is 12.8. The van der Waals surface area contributed by atoms with Crippen molar-refractivity contribution in [3.05, 3.63) is 30.5 Å². The normalized spacial score (nSPS) is 19.2. The van der Waals surface area contributed by atoms with E-state index in [1.54, 1.807) is 17.8 Å². The van der Waals surface area contributed by atoms with E-state index in [9.17, 15) is 8.42 Å². The molecule has 126 valence electrons. The van der Waals surface area contributed by atoms with E-state index in [0.717, 1.165) is 18.7 Å². The average molecular weight is 338 g/mol. The molecule has 8 nitrogen and oxygen atoms in total. The second kappa shape index (κ2) is 6.06. The summed E-state index contributed by atoms with van der Waals surface area (Å²) in [5, 5.41) is 4.46. The summed E-state index contributed by atoms with van der Waals surface area (Å²) in [6.45, 7) is 1.63. The van der Waals surface area contributed by atoms with Crippen LogP contribution in [0.25, 0.3) is 0 Å². The third-order valence-corrected chi connectivity index (χ3v) is 5.74. The number of hydrogen-bond donors (Lipinski definition) is 0. The highest BCUT2D eigenvalue weighted by Crippen LogP contribution is 2.27. The summed E-state index contributed by atoms with van der Waals surface area (Å²) in [6.07, 6.45) is 5.62. The quantitative estimate of drug-likeness (QED) is 0.784. The van der Waals surface area contributed by atoms with Gasteiger partial charge in [-0.15, -0.1) is 0 Å². The number of sulfonamides is 1. The number of aromatic nitrogens is 4. The minimum atomic E-state index is -3.59. The lowest BCUT2D eigenvalue weighted by molar-refractivity contribution is 0.236. The maximum absolute atomic E-state index is 12.8. The van der Waals surface area contributed by atoms with Crippen LogP contribution >= 0.6 is 0 Å². The fraction of sp³-hybridized carbons (Fsp3) is 0.571. The Balaban J connectivity index is 1.87. The lowest BCUT2D eigenvalue weighted by Gasteiger charge is -2.33. The Hall–Kier alpha value is -1.71. The molecule has 2 aromatic heterocycles. The van der Waals surface area contributed by atoms with E-state index in [1.807, 2.05) is 24.8 Å². The zero-order valence-electron chi connectivity index (χ0n) is 13.6. The van der Waals surface area contributed by atoms with Crippen molar-refractivity contribution in [3.63, 3.8) is 0 Å². The van der Waals surface area contributed by atoms with E-state index >= 15 is 0 Å². The van der Waals surface area contributed by atoms with E-state index in [1.165, 1.54) is 16.8 Å². The van der Waals surface area contributed by atoms with Crippen LogP contribution in [-0.2, 0) is 23.6 Å². The standard InChI is InChI=1S/C14H22N6O2S/c1-17(2)7-5-13-9-19(8-12-4-6-16-20(12)13)23(21,22)14-10-18(3)11-15-14/h4,6,10-11,13H,5,7-9H2,1-3H3. The third-order valence-electron chi connectivity index (χ3n) is 4.05. The van der Waals surface area contributed by atoms with Gasteiger partial charge in [-0.1, -0.05) is 0 Å². The number of rotatable bonds is 5. The number of hydrogen-bond acceptors (Lipinski definition) is 5. The molecule has 0 bridgehead atoms. The summed E-state index contributed by atoms with van der Waals surface area (Å²) < 4.78 is 30.8. The van der Waals surface area contributed by atoms with Gasteiger partial charge in [-0.25, -0.2) is 13.4 Å². The lowest BCUT2D eigenvalue weighted by atomic mass is 10.1. The van der Waals surface area contributed by atoms with Gasteiger partial charge in [0.1, 0.15) is 0 Å². The van der Waals surface area contributed by atoms with Crippen LogP contribution in [0.3, 0.4) is 0 Å². The van der Waals surface area contributed by atoms with Gasteiger partial charge in [-0.3, -0.25) is 4.68 Å². The third kappa shape index (κ3) is 3.17. The Kier molecular flexibility index (Phi) is 4.26. The molecule has 0 aromatic carbocycles. The number of imidazole rings is 1. The second-order valence-electron chi connectivity index (χ2n) is 6.19.